The zero-order valence-corrected chi connectivity index (χ0v) is 18.5. The van der Waals surface area contributed by atoms with Gasteiger partial charge in [-0.15, -0.1) is 0 Å². The number of anilines is 2. The Kier molecular flexibility index (Phi) is 8.34. The van der Waals surface area contributed by atoms with Crippen molar-refractivity contribution < 1.29 is 23.1 Å². The number of nitrogens with one attached hydrogen (secondary N) is 2. The molecule has 0 aliphatic heterocycles. The molecule has 2 N–H and O–H groups in total. The number of hydrogen-bond donors (Lipinski definition) is 2. The van der Waals surface area contributed by atoms with Crippen molar-refractivity contribution in [3.63, 3.8) is 0 Å². The van der Waals surface area contributed by atoms with Gasteiger partial charge in [0.15, 0.2) is 0 Å². The Hall–Kier alpha value is -3.49. The number of halogens is 3. The van der Waals surface area contributed by atoms with Crippen LogP contribution in [0.2, 0.25) is 5.02 Å². The van der Waals surface area contributed by atoms with E-state index in [1.807, 2.05) is 6.07 Å². The summed E-state index contributed by atoms with van der Waals surface area (Å²) in [6.45, 7) is 1.86. The van der Waals surface area contributed by atoms with E-state index in [-0.39, 0.29) is 19.0 Å². The first-order chi connectivity index (χ1) is 15.9. The molecule has 172 valence electrons. The van der Waals surface area contributed by atoms with E-state index in [1.54, 1.807) is 49.4 Å². The maximum atomic E-state index is 13.7. The van der Waals surface area contributed by atoms with Gasteiger partial charge in [0, 0.05) is 5.69 Å². The highest BCUT2D eigenvalue weighted by Gasteiger charge is 2.16. The van der Waals surface area contributed by atoms with Crippen LogP contribution in [-0.4, -0.2) is 36.3 Å². The van der Waals surface area contributed by atoms with Gasteiger partial charge in [0.05, 0.1) is 18.1 Å². The van der Waals surface area contributed by atoms with Gasteiger partial charge in [-0.25, -0.2) is 8.78 Å². The van der Waals surface area contributed by atoms with Crippen molar-refractivity contribution in [3.05, 3.63) is 83.4 Å². The van der Waals surface area contributed by atoms with E-state index in [1.165, 1.54) is 11.0 Å². The van der Waals surface area contributed by atoms with Crippen LogP contribution in [-0.2, 0) is 9.59 Å². The maximum Gasteiger partial charge on any atom is 0.238 e. The number of para-hydroxylation sites is 2. The van der Waals surface area contributed by atoms with Crippen LogP contribution in [0.5, 0.6) is 11.5 Å². The third kappa shape index (κ3) is 7.00. The molecule has 0 radical (unpaired) electrons. The largest absolute Gasteiger partial charge is 0.456 e. The predicted octanol–water partition coefficient (Wildman–Crippen LogP) is 5.31. The number of hydrogen-bond acceptors (Lipinski definition) is 4. The molecule has 6 nitrogen and oxygen atoms in total. The molecule has 0 aliphatic carbocycles. The van der Waals surface area contributed by atoms with Crippen LogP contribution in [0.15, 0.2) is 66.7 Å². The summed E-state index contributed by atoms with van der Waals surface area (Å²) in [7, 11) is 0. The molecule has 0 bridgehead atoms. The Bertz CT molecular complexity index is 1110. The molecule has 0 fully saturated rings. The Morgan fingerprint density at radius 2 is 1.48 bits per heavy atom. The summed E-state index contributed by atoms with van der Waals surface area (Å²) in [5.74, 6) is -1.65. The summed E-state index contributed by atoms with van der Waals surface area (Å²) >= 11 is 6.08. The van der Waals surface area contributed by atoms with Gasteiger partial charge in [0.1, 0.15) is 28.8 Å². The number of carbonyl (C=O) groups is 2. The van der Waals surface area contributed by atoms with Crippen molar-refractivity contribution in [2.24, 2.45) is 0 Å². The first-order valence-corrected chi connectivity index (χ1v) is 10.5. The summed E-state index contributed by atoms with van der Waals surface area (Å²) in [4.78, 5) is 26.1. The third-order valence-corrected chi connectivity index (χ3v) is 4.92. The average Bonchev–Trinajstić information content (AvgIpc) is 2.79. The molecule has 0 atom stereocenters. The van der Waals surface area contributed by atoms with Gasteiger partial charge in [-0.3, -0.25) is 14.5 Å². The van der Waals surface area contributed by atoms with E-state index in [0.717, 1.165) is 12.1 Å². The molecular formula is C24H22ClF2N3O3. The molecule has 33 heavy (non-hydrogen) atoms. The highest BCUT2D eigenvalue weighted by molar-refractivity contribution is 6.32. The molecule has 3 aromatic rings. The van der Waals surface area contributed by atoms with Crippen LogP contribution in [0, 0.1) is 11.6 Å². The second-order valence-electron chi connectivity index (χ2n) is 7.05. The smallest absolute Gasteiger partial charge is 0.238 e. The predicted molar refractivity (Wildman–Crippen MR) is 124 cm³/mol. The number of benzene rings is 3. The molecule has 9 heteroatoms. The highest BCUT2D eigenvalue weighted by atomic mass is 35.5. The van der Waals surface area contributed by atoms with Gasteiger partial charge in [0.2, 0.25) is 11.8 Å². The van der Waals surface area contributed by atoms with E-state index in [9.17, 15) is 18.4 Å². The topological polar surface area (TPSA) is 70.7 Å². The molecule has 3 rings (SSSR count). The normalized spacial score (nSPS) is 10.7. The molecule has 0 saturated carbocycles. The molecule has 0 unspecified atom stereocenters. The Labute approximate surface area is 195 Å². The van der Waals surface area contributed by atoms with E-state index in [2.05, 4.69) is 10.6 Å². The van der Waals surface area contributed by atoms with Crippen LogP contribution in [0.4, 0.5) is 20.2 Å². The van der Waals surface area contributed by atoms with E-state index < -0.39 is 23.2 Å². The Balaban J connectivity index is 1.52. The van der Waals surface area contributed by atoms with Gasteiger partial charge in [-0.1, -0.05) is 36.7 Å². The first-order valence-electron chi connectivity index (χ1n) is 10.1. The summed E-state index contributed by atoms with van der Waals surface area (Å²) in [5, 5.41) is 5.43. The molecule has 0 heterocycles. The fraction of sp³-hybridized carbons (Fsp3) is 0.167. The van der Waals surface area contributed by atoms with Gasteiger partial charge in [-0.05, 0) is 55.1 Å². The zero-order chi connectivity index (χ0) is 23.8. The fourth-order valence-electron chi connectivity index (χ4n) is 2.94. The monoisotopic (exact) mass is 473 g/mol. The quantitative estimate of drug-likeness (QED) is 0.442. The number of ether oxygens (including phenoxy) is 1. The molecule has 0 saturated heterocycles. The highest BCUT2D eigenvalue weighted by Crippen LogP contribution is 2.29. The first kappa shape index (κ1) is 24.2. The standard InChI is InChI=1S/C24H22ClF2N3O3/c1-2-30(15-23(32)29-24-19(26)7-5-8-20(24)27)14-22(31)28-16-10-12-17(13-11-16)33-21-9-4-3-6-18(21)25/h3-13H,2,14-15H2,1H3,(H,28,31)(H,29,32). The van der Waals surface area contributed by atoms with Crippen LogP contribution in [0.25, 0.3) is 0 Å². The summed E-state index contributed by atoms with van der Waals surface area (Å²) in [5.41, 5.74) is 0.0301. The lowest BCUT2D eigenvalue weighted by molar-refractivity contribution is -0.119. The zero-order valence-electron chi connectivity index (χ0n) is 17.8. The summed E-state index contributed by atoms with van der Waals surface area (Å²) in [6.07, 6.45) is 0. The lowest BCUT2D eigenvalue weighted by Gasteiger charge is -2.19. The van der Waals surface area contributed by atoms with Gasteiger partial charge < -0.3 is 15.4 Å². The number of nitrogens with zero attached hydrogens (tertiary/aromatic N) is 1. The van der Waals surface area contributed by atoms with Gasteiger partial charge >= 0.3 is 0 Å². The van der Waals surface area contributed by atoms with Gasteiger partial charge in [0.25, 0.3) is 0 Å². The molecule has 3 aromatic carbocycles. The van der Waals surface area contributed by atoms with Gasteiger partial charge in [-0.2, -0.15) is 0 Å². The minimum Gasteiger partial charge on any atom is -0.456 e. The van der Waals surface area contributed by atoms with Crippen molar-refractivity contribution in [2.45, 2.75) is 6.92 Å². The van der Waals surface area contributed by atoms with E-state index in [4.69, 9.17) is 16.3 Å². The molecule has 0 spiro atoms. The number of rotatable bonds is 9. The van der Waals surface area contributed by atoms with E-state index in [0.29, 0.717) is 28.8 Å². The number of likely N-dealkylation sites (N-methyl/N-ethyl adjacent to an activating group) is 1. The third-order valence-electron chi connectivity index (χ3n) is 4.61. The average molecular weight is 474 g/mol. The van der Waals surface area contributed by atoms with Crippen LogP contribution in [0.3, 0.4) is 0 Å². The van der Waals surface area contributed by atoms with Crippen LogP contribution >= 0.6 is 11.6 Å². The van der Waals surface area contributed by atoms with Crippen LogP contribution < -0.4 is 15.4 Å². The van der Waals surface area contributed by atoms with Crippen molar-refractivity contribution >= 4 is 34.8 Å². The maximum absolute atomic E-state index is 13.7. The summed E-state index contributed by atoms with van der Waals surface area (Å²) in [6, 6.07) is 17.1. The Morgan fingerprint density at radius 3 is 2.09 bits per heavy atom. The van der Waals surface area contributed by atoms with Crippen molar-refractivity contribution in [1.82, 2.24) is 4.90 Å². The van der Waals surface area contributed by atoms with Crippen molar-refractivity contribution in [2.75, 3.05) is 30.3 Å². The molecular weight excluding hydrogens is 452 g/mol. The number of carbonyl (C=O) groups excluding carboxylic acids is 2. The molecule has 0 aromatic heterocycles. The minimum atomic E-state index is -0.869. The van der Waals surface area contributed by atoms with E-state index >= 15 is 0 Å². The van der Waals surface area contributed by atoms with Crippen molar-refractivity contribution in [1.29, 1.82) is 0 Å². The molecule has 0 aliphatic rings. The van der Waals surface area contributed by atoms with Crippen LogP contribution in [0.1, 0.15) is 6.92 Å². The Morgan fingerprint density at radius 1 is 0.879 bits per heavy atom. The lowest BCUT2D eigenvalue weighted by atomic mass is 10.3. The molecule has 2 amide bonds. The van der Waals surface area contributed by atoms with Crippen molar-refractivity contribution in [3.8, 4) is 11.5 Å². The second-order valence-corrected chi connectivity index (χ2v) is 7.46. The fourth-order valence-corrected chi connectivity index (χ4v) is 3.12. The minimum absolute atomic E-state index is 0.0818. The summed E-state index contributed by atoms with van der Waals surface area (Å²) < 4.78 is 33.1. The lowest BCUT2D eigenvalue weighted by Crippen LogP contribution is -2.38. The SMILES string of the molecule is CCN(CC(=O)Nc1ccc(Oc2ccccc2Cl)cc1)CC(=O)Nc1c(F)cccc1F. The number of amides is 2. The second kappa shape index (κ2) is 11.4.